The van der Waals surface area contributed by atoms with E-state index in [0.29, 0.717) is 12.0 Å². The summed E-state index contributed by atoms with van der Waals surface area (Å²) in [6.45, 7) is 3.24. The third-order valence-electron chi connectivity index (χ3n) is 5.18. The number of hydrogen-bond acceptors (Lipinski definition) is 5. The number of anilines is 1. The number of carbonyl (C=O) groups is 1. The minimum Gasteiger partial charge on any atom is -0.324 e. The first kappa shape index (κ1) is 24.1. The van der Waals surface area contributed by atoms with Gasteiger partial charge >= 0.3 is 0 Å². The van der Waals surface area contributed by atoms with E-state index in [1.165, 1.54) is 30.3 Å². The minimum atomic E-state index is -3.94. The monoisotopic (exact) mass is 467 g/mol. The Balaban J connectivity index is 1.84. The van der Waals surface area contributed by atoms with Crippen molar-refractivity contribution in [2.75, 3.05) is 18.4 Å². The molecule has 0 heterocycles. The number of rotatable bonds is 9. The maximum atomic E-state index is 13.3. The molecule has 0 atom stereocenters. The summed E-state index contributed by atoms with van der Waals surface area (Å²) < 4.78 is 27.8. The third kappa shape index (κ3) is 6.24. The molecule has 1 N–H and O–H groups in total. The molecule has 0 aliphatic rings. The summed E-state index contributed by atoms with van der Waals surface area (Å²) in [6.07, 6.45) is 0.426. The van der Waals surface area contributed by atoms with Gasteiger partial charge in [0.1, 0.15) is 0 Å². The van der Waals surface area contributed by atoms with Gasteiger partial charge < -0.3 is 5.32 Å². The molecular weight excluding hydrogens is 442 g/mol. The molecule has 1 amide bonds. The highest BCUT2D eigenvalue weighted by atomic mass is 32.2. The number of non-ortho nitro benzene ring substituents is 1. The Kier molecular flexibility index (Phi) is 7.57. The van der Waals surface area contributed by atoms with Gasteiger partial charge in [0.25, 0.3) is 5.69 Å². The second-order valence-electron chi connectivity index (χ2n) is 7.69. The Hall–Kier alpha value is -3.56. The van der Waals surface area contributed by atoms with Gasteiger partial charge in [-0.25, -0.2) is 8.42 Å². The number of nitrogens with zero attached hydrogens (tertiary/aromatic N) is 2. The molecule has 0 unspecified atom stereocenters. The van der Waals surface area contributed by atoms with Gasteiger partial charge in [0.05, 0.1) is 22.1 Å². The van der Waals surface area contributed by atoms with E-state index in [-0.39, 0.29) is 22.8 Å². The number of nitrogens with one attached hydrogen (secondary N) is 1. The molecule has 3 aromatic carbocycles. The molecule has 3 rings (SSSR count). The van der Waals surface area contributed by atoms with Crippen LogP contribution >= 0.6 is 0 Å². The molecule has 8 nitrogen and oxygen atoms in total. The molecule has 33 heavy (non-hydrogen) atoms. The average Bonchev–Trinajstić information content (AvgIpc) is 2.78. The lowest BCUT2D eigenvalue weighted by molar-refractivity contribution is -0.384. The molecule has 0 fully saturated rings. The number of nitro groups is 1. The molecule has 0 saturated carbocycles. The predicted molar refractivity (Wildman–Crippen MR) is 127 cm³/mol. The van der Waals surface area contributed by atoms with Gasteiger partial charge in [-0.3, -0.25) is 14.9 Å². The van der Waals surface area contributed by atoms with E-state index < -0.39 is 27.4 Å². The van der Waals surface area contributed by atoms with Crippen molar-refractivity contribution in [1.29, 1.82) is 0 Å². The third-order valence-corrected chi connectivity index (χ3v) is 7.04. The number of hydrogen-bond donors (Lipinski definition) is 1. The maximum absolute atomic E-state index is 13.3. The molecule has 9 heteroatoms. The van der Waals surface area contributed by atoms with Gasteiger partial charge in [-0.2, -0.15) is 4.31 Å². The van der Waals surface area contributed by atoms with Crippen molar-refractivity contribution in [3.05, 3.63) is 99.6 Å². The van der Waals surface area contributed by atoms with E-state index in [0.717, 1.165) is 15.4 Å². The molecular formula is C24H25N3O5S. The topological polar surface area (TPSA) is 110 Å². The van der Waals surface area contributed by atoms with Crippen LogP contribution in [-0.4, -0.2) is 36.6 Å². The van der Waals surface area contributed by atoms with Gasteiger partial charge in [0.2, 0.25) is 15.9 Å². The lowest BCUT2D eigenvalue weighted by Gasteiger charge is -2.22. The molecule has 172 valence electrons. The normalized spacial score (nSPS) is 11.4. The minimum absolute atomic E-state index is 0.0977. The van der Waals surface area contributed by atoms with Gasteiger partial charge in [0.15, 0.2) is 0 Å². The Morgan fingerprint density at radius 1 is 1.00 bits per heavy atom. The summed E-state index contributed by atoms with van der Waals surface area (Å²) in [5, 5.41) is 13.7. The van der Waals surface area contributed by atoms with Crippen LogP contribution in [0.3, 0.4) is 0 Å². The zero-order valence-electron chi connectivity index (χ0n) is 18.4. The number of sulfonamides is 1. The molecule has 0 aliphatic carbocycles. The number of nitro benzene ring substituents is 1. The number of amides is 1. The number of aryl methyl sites for hydroxylation is 2. The van der Waals surface area contributed by atoms with Crippen LogP contribution in [-0.2, 0) is 21.2 Å². The van der Waals surface area contributed by atoms with E-state index >= 15 is 0 Å². The first-order valence-corrected chi connectivity index (χ1v) is 11.8. The second-order valence-corrected chi connectivity index (χ2v) is 9.63. The van der Waals surface area contributed by atoms with Crippen LogP contribution in [0.25, 0.3) is 0 Å². The largest absolute Gasteiger partial charge is 0.324 e. The average molecular weight is 468 g/mol. The first-order valence-electron chi connectivity index (χ1n) is 10.3. The Morgan fingerprint density at radius 2 is 1.67 bits per heavy atom. The summed E-state index contributed by atoms with van der Waals surface area (Å²) >= 11 is 0. The summed E-state index contributed by atoms with van der Waals surface area (Å²) in [7, 11) is -3.94. The number of benzene rings is 3. The predicted octanol–water partition coefficient (Wildman–Crippen LogP) is 4.08. The van der Waals surface area contributed by atoms with E-state index in [9.17, 15) is 23.3 Å². The van der Waals surface area contributed by atoms with Gasteiger partial charge in [-0.15, -0.1) is 0 Å². The summed E-state index contributed by atoms with van der Waals surface area (Å²) in [6, 6.07) is 20.0. The quantitative estimate of drug-likeness (QED) is 0.377. The van der Waals surface area contributed by atoms with Crippen molar-refractivity contribution < 1.29 is 18.1 Å². The lowest BCUT2D eigenvalue weighted by Crippen LogP contribution is -2.39. The Bertz CT molecular complexity index is 1240. The highest BCUT2D eigenvalue weighted by molar-refractivity contribution is 7.89. The first-order chi connectivity index (χ1) is 15.7. The highest BCUT2D eigenvalue weighted by Gasteiger charge is 2.27. The molecule has 0 spiro atoms. The fourth-order valence-corrected chi connectivity index (χ4v) is 4.65. The van der Waals surface area contributed by atoms with E-state index in [1.54, 1.807) is 19.1 Å². The molecule has 0 aliphatic heterocycles. The summed E-state index contributed by atoms with van der Waals surface area (Å²) in [4.78, 5) is 23.4. The fraction of sp³-hybridized carbons (Fsp3) is 0.208. The van der Waals surface area contributed by atoms with Crippen LogP contribution in [0.15, 0.2) is 77.7 Å². The Morgan fingerprint density at radius 3 is 2.30 bits per heavy atom. The smallest absolute Gasteiger partial charge is 0.271 e. The highest BCUT2D eigenvalue weighted by Crippen LogP contribution is 2.22. The maximum Gasteiger partial charge on any atom is 0.271 e. The SMILES string of the molecule is Cc1ccc(S(=O)(=O)N(CCc2ccccc2)CC(=O)Nc2cc([N+](=O)[O-])ccc2C)cc1. The van der Waals surface area contributed by atoms with Crippen molar-refractivity contribution >= 4 is 27.3 Å². The fourth-order valence-electron chi connectivity index (χ4n) is 3.25. The van der Waals surface area contributed by atoms with Crippen molar-refractivity contribution in [2.24, 2.45) is 0 Å². The van der Waals surface area contributed by atoms with Crippen molar-refractivity contribution in [3.63, 3.8) is 0 Å². The molecule has 0 aromatic heterocycles. The van der Waals surface area contributed by atoms with Crippen molar-refractivity contribution in [3.8, 4) is 0 Å². The standard InChI is InChI=1S/C24H25N3O5S/c1-18-8-12-22(13-9-18)33(31,32)26(15-14-20-6-4-3-5-7-20)17-24(28)25-23-16-21(27(29)30)11-10-19(23)2/h3-13,16H,14-15,17H2,1-2H3,(H,25,28). The van der Waals surface area contributed by atoms with Crippen molar-refractivity contribution in [2.45, 2.75) is 25.2 Å². The van der Waals surface area contributed by atoms with E-state index in [2.05, 4.69) is 5.32 Å². The molecule has 3 aromatic rings. The van der Waals surface area contributed by atoms with Crippen LogP contribution in [0.4, 0.5) is 11.4 Å². The van der Waals surface area contributed by atoms with Gasteiger partial charge in [-0.1, -0.05) is 54.1 Å². The van der Waals surface area contributed by atoms with E-state index in [1.807, 2.05) is 37.3 Å². The van der Waals surface area contributed by atoms with Crippen LogP contribution in [0.2, 0.25) is 0 Å². The molecule has 0 saturated heterocycles. The zero-order chi connectivity index (χ0) is 24.0. The van der Waals surface area contributed by atoms with Gasteiger partial charge in [0, 0.05) is 18.7 Å². The Labute approximate surface area is 193 Å². The van der Waals surface area contributed by atoms with Crippen LogP contribution < -0.4 is 5.32 Å². The molecule has 0 radical (unpaired) electrons. The lowest BCUT2D eigenvalue weighted by atomic mass is 10.1. The van der Waals surface area contributed by atoms with E-state index in [4.69, 9.17) is 0 Å². The van der Waals surface area contributed by atoms with Crippen LogP contribution in [0, 0.1) is 24.0 Å². The van der Waals surface area contributed by atoms with Crippen LogP contribution in [0.5, 0.6) is 0 Å². The summed E-state index contributed by atoms with van der Waals surface area (Å²) in [5.41, 5.74) is 2.60. The number of carbonyl (C=O) groups excluding carboxylic acids is 1. The van der Waals surface area contributed by atoms with Gasteiger partial charge in [-0.05, 0) is 43.5 Å². The zero-order valence-corrected chi connectivity index (χ0v) is 19.2. The summed E-state index contributed by atoms with van der Waals surface area (Å²) in [5.74, 6) is -0.581. The molecule has 0 bridgehead atoms. The van der Waals surface area contributed by atoms with Crippen LogP contribution in [0.1, 0.15) is 16.7 Å². The second kappa shape index (κ2) is 10.4. The van der Waals surface area contributed by atoms with Crippen molar-refractivity contribution in [1.82, 2.24) is 4.31 Å².